The first-order chi connectivity index (χ1) is 5.24. The van der Waals surface area contributed by atoms with Crippen LogP contribution in [0, 0.1) is 6.57 Å². The molecule has 0 heterocycles. The molecule has 0 spiro atoms. The zero-order chi connectivity index (χ0) is 8.27. The number of hydrogen-bond acceptors (Lipinski definition) is 0. The highest BCUT2D eigenvalue weighted by molar-refractivity contribution is 6.30. The lowest BCUT2D eigenvalue weighted by atomic mass is 10.1. The van der Waals surface area contributed by atoms with Crippen LogP contribution in [0.15, 0.2) is 24.3 Å². The van der Waals surface area contributed by atoms with Gasteiger partial charge in [-0.2, -0.15) is 0 Å². The zero-order valence-electron chi connectivity index (χ0n) is 6.21. The molecular weight excluding hydrogens is 158 g/mol. The van der Waals surface area contributed by atoms with Gasteiger partial charge in [-0.3, -0.25) is 0 Å². The van der Waals surface area contributed by atoms with E-state index in [0.717, 1.165) is 5.56 Å². The second-order valence-corrected chi connectivity index (χ2v) is 2.79. The first-order valence-electron chi connectivity index (χ1n) is 3.36. The maximum Gasteiger partial charge on any atom is 0.245 e. The van der Waals surface area contributed by atoms with E-state index in [2.05, 4.69) is 4.85 Å². The number of rotatable bonds is 1. The fraction of sp³-hybridized carbons (Fsp3) is 0.222. The summed E-state index contributed by atoms with van der Waals surface area (Å²) in [5.41, 5.74) is 1.02. The highest BCUT2D eigenvalue weighted by atomic mass is 35.5. The molecule has 0 unspecified atom stereocenters. The zero-order valence-corrected chi connectivity index (χ0v) is 6.97. The quantitative estimate of drug-likeness (QED) is 0.563. The van der Waals surface area contributed by atoms with Crippen molar-refractivity contribution in [2.24, 2.45) is 0 Å². The van der Waals surface area contributed by atoms with Gasteiger partial charge in [0.1, 0.15) is 0 Å². The van der Waals surface area contributed by atoms with Gasteiger partial charge in [0.15, 0.2) is 0 Å². The van der Waals surface area contributed by atoms with Crippen LogP contribution < -0.4 is 0 Å². The van der Waals surface area contributed by atoms with Crippen molar-refractivity contribution in [3.8, 4) is 0 Å². The van der Waals surface area contributed by atoms with Crippen LogP contribution in [0.4, 0.5) is 0 Å². The molecule has 1 nitrogen and oxygen atoms in total. The molecule has 0 aromatic heterocycles. The van der Waals surface area contributed by atoms with E-state index >= 15 is 0 Å². The second-order valence-electron chi connectivity index (χ2n) is 2.36. The van der Waals surface area contributed by atoms with Crippen LogP contribution in [-0.2, 0) is 0 Å². The number of hydrogen-bond donors (Lipinski definition) is 0. The molecule has 0 radical (unpaired) electrons. The van der Waals surface area contributed by atoms with Gasteiger partial charge in [0.25, 0.3) is 0 Å². The van der Waals surface area contributed by atoms with Crippen molar-refractivity contribution in [3.05, 3.63) is 46.3 Å². The highest BCUT2D eigenvalue weighted by Crippen LogP contribution is 2.18. The monoisotopic (exact) mass is 165 g/mol. The van der Waals surface area contributed by atoms with Crippen molar-refractivity contribution < 1.29 is 0 Å². The summed E-state index contributed by atoms with van der Waals surface area (Å²) in [4.78, 5) is 3.40. The molecule has 0 N–H and O–H groups in total. The third kappa shape index (κ3) is 1.96. The second kappa shape index (κ2) is 3.41. The lowest BCUT2D eigenvalue weighted by molar-refractivity contribution is 0.962. The van der Waals surface area contributed by atoms with Crippen LogP contribution in [0.1, 0.15) is 18.5 Å². The summed E-state index contributed by atoms with van der Waals surface area (Å²) < 4.78 is 0. The van der Waals surface area contributed by atoms with Crippen LogP contribution in [0.2, 0.25) is 5.02 Å². The molecule has 0 amide bonds. The standard InChI is InChI=1S/C9H8ClN/c1-7(11-2)8-3-5-9(10)6-4-8/h3-7H,1H3/t7-/m1/s1. The fourth-order valence-corrected chi connectivity index (χ4v) is 0.942. The smallest absolute Gasteiger partial charge is 0.245 e. The summed E-state index contributed by atoms with van der Waals surface area (Å²) >= 11 is 5.68. The van der Waals surface area contributed by atoms with Gasteiger partial charge in [0.2, 0.25) is 6.04 Å². The summed E-state index contributed by atoms with van der Waals surface area (Å²) in [5, 5.41) is 0.714. The van der Waals surface area contributed by atoms with Crippen LogP contribution in [0.25, 0.3) is 4.85 Å². The lowest BCUT2D eigenvalue weighted by Gasteiger charge is -1.97. The van der Waals surface area contributed by atoms with Crippen LogP contribution in [0.3, 0.4) is 0 Å². The Hall–Kier alpha value is -1.00. The fourth-order valence-electron chi connectivity index (χ4n) is 0.816. The van der Waals surface area contributed by atoms with Gasteiger partial charge in [0.05, 0.1) is 0 Å². The molecule has 2 heteroatoms. The van der Waals surface area contributed by atoms with Crippen molar-refractivity contribution in [2.75, 3.05) is 0 Å². The Balaban J connectivity index is 2.92. The third-order valence-electron chi connectivity index (χ3n) is 1.55. The predicted octanol–water partition coefficient (Wildman–Crippen LogP) is 3.32. The van der Waals surface area contributed by atoms with Gasteiger partial charge in [-0.05, 0) is 24.3 Å². The van der Waals surface area contributed by atoms with Gasteiger partial charge in [-0.15, -0.1) is 0 Å². The Kier molecular flexibility index (Phi) is 2.51. The Morgan fingerprint density at radius 1 is 1.36 bits per heavy atom. The van der Waals surface area contributed by atoms with Gasteiger partial charge in [0, 0.05) is 17.5 Å². The summed E-state index contributed by atoms with van der Waals surface area (Å²) in [6.45, 7) is 8.66. The maximum absolute atomic E-state index is 6.79. The highest BCUT2D eigenvalue weighted by Gasteiger charge is 2.06. The Morgan fingerprint density at radius 3 is 2.36 bits per heavy atom. The van der Waals surface area contributed by atoms with Crippen molar-refractivity contribution in [1.29, 1.82) is 0 Å². The number of halogens is 1. The van der Waals surface area contributed by atoms with Crippen LogP contribution >= 0.6 is 11.6 Å². The van der Waals surface area contributed by atoms with Crippen LogP contribution in [-0.4, -0.2) is 0 Å². The molecule has 0 aliphatic rings. The number of nitrogens with zero attached hydrogens (tertiary/aromatic N) is 1. The average molecular weight is 166 g/mol. The van der Waals surface area contributed by atoms with E-state index in [9.17, 15) is 0 Å². The minimum Gasteiger partial charge on any atom is -0.309 e. The van der Waals surface area contributed by atoms with Crippen LogP contribution in [0.5, 0.6) is 0 Å². The molecular formula is C9H8ClN. The summed E-state index contributed by atoms with van der Waals surface area (Å²) in [6.07, 6.45) is 0. The van der Waals surface area contributed by atoms with Gasteiger partial charge in [-0.25, -0.2) is 6.57 Å². The largest absolute Gasteiger partial charge is 0.309 e. The van der Waals surface area contributed by atoms with Crippen molar-refractivity contribution in [3.63, 3.8) is 0 Å². The molecule has 56 valence electrons. The van der Waals surface area contributed by atoms with Crippen molar-refractivity contribution in [1.82, 2.24) is 0 Å². The molecule has 1 aromatic carbocycles. The van der Waals surface area contributed by atoms with Crippen molar-refractivity contribution >= 4 is 11.6 Å². The Morgan fingerprint density at radius 2 is 1.91 bits per heavy atom. The summed E-state index contributed by atoms with van der Waals surface area (Å²) in [5.74, 6) is 0. The van der Waals surface area contributed by atoms with E-state index in [1.54, 1.807) is 12.1 Å². The SMILES string of the molecule is [C-]#[N+][C@H](C)c1ccc(Cl)cc1. The Labute approximate surface area is 71.4 Å². The lowest BCUT2D eigenvalue weighted by Crippen LogP contribution is -1.84. The van der Waals surface area contributed by atoms with E-state index in [4.69, 9.17) is 18.2 Å². The normalized spacial score (nSPS) is 12.1. The molecule has 0 bridgehead atoms. The molecule has 0 saturated heterocycles. The van der Waals surface area contributed by atoms with Gasteiger partial charge in [-0.1, -0.05) is 11.6 Å². The molecule has 0 saturated carbocycles. The molecule has 0 fully saturated rings. The average Bonchev–Trinajstić information content (AvgIpc) is 2.05. The van der Waals surface area contributed by atoms with Crippen molar-refractivity contribution in [2.45, 2.75) is 13.0 Å². The minimum atomic E-state index is -0.0627. The van der Waals surface area contributed by atoms with E-state index < -0.39 is 0 Å². The topological polar surface area (TPSA) is 4.36 Å². The molecule has 1 atom stereocenters. The summed E-state index contributed by atoms with van der Waals surface area (Å²) in [6, 6.07) is 7.31. The predicted molar refractivity (Wildman–Crippen MR) is 46.5 cm³/mol. The number of benzene rings is 1. The maximum atomic E-state index is 6.79. The van der Waals surface area contributed by atoms with E-state index in [0.29, 0.717) is 5.02 Å². The van der Waals surface area contributed by atoms with Gasteiger partial charge >= 0.3 is 0 Å². The molecule has 1 rings (SSSR count). The van der Waals surface area contributed by atoms with Gasteiger partial charge < -0.3 is 4.85 Å². The van der Waals surface area contributed by atoms with E-state index in [1.807, 2.05) is 19.1 Å². The molecule has 0 aliphatic heterocycles. The summed E-state index contributed by atoms with van der Waals surface area (Å²) in [7, 11) is 0. The molecule has 1 aromatic rings. The third-order valence-corrected chi connectivity index (χ3v) is 1.80. The molecule has 0 aliphatic carbocycles. The first kappa shape index (κ1) is 8.10. The van der Waals surface area contributed by atoms with E-state index in [-0.39, 0.29) is 6.04 Å². The molecule has 11 heavy (non-hydrogen) atoms. The Bertz CT molecular complexity index is 271. The minimum absolute atomic E-state index is 0.0627. The first-order valence-corrected chi connectivity index (χ1v) is 3.74. The van der Waals surface area contributed by atoms with E-state index in [1.165, 1.54) is 0 Å².